The smallest absolute Gasteiger partial charge is 0.240 e. The zero-order valence-electron chi connectivity index (χ0n) is 17.0. The third-order valence-corrected chi connectivity index (χ3v) is 4.10. The van der Waals surface area contributed by atoms with Crippen molar-refractivity contribution in [3.8, 4) is 5.75 Å². The first kappa shape index (κ1) is 21.4. The predicted molar refractivity (Wildman–Crippen MR) is 108 cm³/mol. The second-order valence-corrected chi connectivity index (χ2v) is 7.45. The van der Waals surface area contributed by atoms with Crippen LogP contribution in [0.4, 0.5) is 11.6 Å². The van der Waals surface area contributed by atoms with E-state index in [0.717, 1.165) is 5.69 Å². The van der Waals surface area contributed by atoms with Crippen molar-refractivity contribution in [1.82, 2.24) is 10.1 Å². The number of hydrogen-bond donors (Lipinski definition) is 2. The fraction of sp³-hybridized carbons (Fsp3) is 0.450. The number of likely N-dealkylation sites (N-methyl/N-ethyl adjacent to an activating group) is 1. The molecule has 0 aliphatic rings. The number of rotatable bonds is 8. The van der Waals surface area contributed by atoms with Crippen LogP contribution >= 0.6 is 0 Å². The molecule has 8 heteroatoms. The average Bonchev–Trinajstić information content (AvgIpc) is 3.10. The van der Waals surface area contributed by atoms with E-state index in [9.17, 15) is 9.59 Å². The van der Waals surface area contributed by atoms with Crippen LogP contribution in [0.5, 0.6) is 5.75 Å². The maximum Gasteiger partial charge on any atom is 0.240 e. The maximum atomic E-state index is 12.3. The predicted octanol–water partition coefficient (Wildman–Crippen LogP) is 2.88. The van der Waals surface area contributed by atoms with E-state index in [1.165, 1.54) is 0 Å². The molecule has 0 bridgehead atoms. The number of amides is 2. The molecule has 2 aromatic rings. The van der Waals surface area contributed by atoms with E-state index in [1.807, 2.05) is 27.7 Å². The molecular formula is C20H28N4O4. The van der Waals surface area contributed by atoms with Gasteiger partial charge in [-0.15, -0.1) is 0 Å². The van der Waals surface area contributed by atoms with Crippen LogP contribution in [0.1, 0.15) is 33.4 Å². The Hall–Kier alpha value is -2.87. The summed E-state index contributed by atoms with van der Waals surface area (Å²) >= 11 is 0. The van der Waals surface area contributed by atoms with Crippen molar-refractivity contribution >= 4 is 23.4 Å². The molecule has 0 fully saturated rings. The molecule has 0 aliphatic heterocycles. The number of benzene rings is 1. The summed E-state index contributed by atoms with van der Waals surface area (Å²) in [6, 6.07) is 8.77. The zero-order chi connectivity index (χ0) is 20.7. The van der Waals surface area contributed by atoms with Gasteiger partial charge in [0, 0.05) is 17.2 Å². The Balaban J connectivity index is 1.85. The summed E-state index contributed by atoms with van der Waals surface area (Å²) in [5, 5.41) is 9.45. The lowest BCUT2D eigenvalue weighted by Gasteiger charge is -2.19. The first-order chi connectivity index (χ1) is 13.2. The van der Waals surface area contributed by atoms with Gasteiger partial charge in [-0.1, -0.05) is 32.9 Å². The Morgan fingerprint density at radius 3 is 2.21 bits per heavy atom. The molecule has 0 spiro atoms. The van der Waals surface area contributed by atoms with E-state index >= 15 is 0 Å². The lowest BCUT2D eigenvalue weighted by molar-refractivity contribution is -0.120. The number of ether oxygens (including phenoxy) is 1. The maximum absolute atomic E-state index is 12.3. The second kappa shape index (κ2) is 9.36. The fourth-order valence-electron chi connectivity index (χ4n) is 2.43. The molecule has 2 N–H and O–H groups in total. The van der Waals surface area contributed by atoms with Gasteiger partial charge in [-0.2, -0.15) is 0 Å². The topological polar surface area (TPSA) is 96.7 Å². The molecule has 1 heterocycles. The van der Waals surface area contributed by atoms with Crippen LogP contribution in [0.3, 0.4) is 0 Å². The third kappa shape index (κ3) is 6.38. The summed E-state index contributed by atoms with van der Waals surface area (Å²) < 4.78 is 10.3. The zero-order valence-corrected chi connectivity index (χ0v) is 17.0. The molecule has 8 nitrogen and oxygen atoms in total. The van der Waals surface area contributed by atoms with Gasteiger partial charge in [-0.25, -0.2) is 0 Å². The molecule has 0 saturated heterocycles. The van der Waals surface area contributed by atoms with Gasteiger partial charge < -0.3 is 14.6 Å². The van der Waals surface area contributed by atoms with E-state index < -0.39 is 0 Å². The van der Waals surface area contributed by atoms with Crippen molar-refractivity contribution in [3.63, 3.8) is 0 Å². The minimum atomic E-state index is -0.268. The summed E-state index contributed by atoms with van der Waals surface area (Å²) in [6.07, 6.45) is 0. The molecule has 0 radical (unpaired) electrons. The molecule has 0 aliphatic carbocycles. The Morgan fingerprint density at radius 1 is 1.11 bits per heavy atom. The van der Waals surface area contributed by atoms with Gasteiger partial charge in [0.15, 0.2) is 0 Å². The largest absolute Gasteiger partial charge is 0.497 e. The highest BCUT2D eigenvalue weighted by atomic mass is 16.5. The SMILES string of the molecule is CCN(CC(=O)Nc1ccc(OC)cc1)CC(=O)Nc1cc(C(C)(C)C)no1. The van der Waals surface area contributed by atoms with Crippen LogP contribution in [0.15, 0.2) is 34.9 Å². The molecule has 2 amide bonds. The molecule has 1 aromatic carbocycles. The van der Waals surface area contributed by atoms with E-state index in [4.69, 9.17) is 9.26 Å². The average molecular weight is 388 g/mol. The normalized spacial score (nSPS) is 11.4. The summed E-state index contributed by atoms with van der Waals surface area (Å²) in [5.41, 5.74) is 1.26. The Morgan fingerprint density at radius 2 is 1.71 bits per heavy atom. The van der Waals surface area contributed by atoms with Crippen LogP contribution < -0.4 is 15.4 Å². The molecule has 2 rings (SSSR count). The Labute approximate surface area is 165 Å². The first-order valence-electron chi connectivity index (χ1n) is 9.14. The summed E-state index contributed by atoms with van der Waals surface area (Å²) in [4.78, 5) is 26.2. The molecule has 0 atom stereocenters. The Kier molecular flexibility index (Phi) is 7.17. The monoisotopic (exact) mass is 388 g/mol. The summed E-state index contributed by atoms with van der Waals surface area (Å²) in [7, 11) is 1.58. The van der Waals surface area contributed by atoms with Gasteiger partial charge in [-0.3, -0.25) is 19.8 Å². The molecule has 28 heavy (non-hydrogen) atoms. The van der Waals surface area contributed by atoms with Gasteiger partial charge >= 0.3 is 0 Å². The molecular weight excluding hydrogens is 360 g/mol. The van der Waals surface area contributed by atoms with Gasteiger partial charge in [0.1, 0.15) is 5.75 Å². The minimum absolute atomic E-state index is 0.0675. The highest BCUT2D eigenvalue weighted by Crippen LogP contribution is 2.23. The first-order valence-corrected chi connectivity index (χ1v) is 9.14. The Bertz CT molecular complexity index is 793. The molecule has 152 valence electrons. The molecule has 1 aromatic heterocycles. The lowest BCUT2D eigenvalue weighted by Crippen LogP contribution is -2.38. The van der Waals surface area contributed by atoms with Crippen LogP contribution in [0, 0.1) is 0 Å². The van der Waals surface area contributed by atoms with Crippen LogP contribution in [-0.4, -0.2) is 48.6 Å². The second-order valence-electron chi connectivity index (χ2n) is 7.45. The van der Waals surface area contributed by atoms with Crippen molar-refractivity contribution < 1.29 is 18.8 Å². The number of methoxy groups -OCH3 is 1. The van der Waals surface area contributed by atoms with Gasteiger partial charge in [-0.05, 0) is 30.8 Å². The van der Waals surface area contributed by atoms with E-state index in [-0.39, 0.29) is 30.3 Å². The van der Waals surface area contributed by atoms with Gasteiger partial charge in [0.2, 0.25) is 17.7 Å². The van der Waals surface area contributed by atoms with Gasteiger partial charge in [0.05, 0.1) is 25.9 Å². The fourth-order valence-corrected chi connectivity index (χ4v) is 2.43. The summed E-state index contributed by atoms with van der Waals surface area (Å²) in [5.74, 6) is 0.547. The van der Waals surface area contributed by atoms with Gasteiger partial charge in [0.25, 0.3) is 0 Å². The standard InChI is InChI=1S/C20H28N4O4/c1-6-24(12-17(25)21-14-7-9-15(27-5)10-8-14)13-18(26)22-19-11-16(23-28-19)20(2,3)4/h7-11H,6,12-13H2,1-5H3,(H,21,25)(H,22,26). The number of aromatic nitrogens is 1. The lowest BCUT2D eigenvalue weighted by atomic mass is 9.92. The van der Waals surface area contributed by atoms with Crippen molar-refractivity contribution in [2.75, 3.05) is 37.4 Å². The highest BCUT2D eigenvalue weighted by Gasteiger charge is 2.20. The number of carbonyl (C=O) groups is 2. The number of hydrogen-bond acceptors (Lipinski definition) is 6. The van der Waals surface area contributed by atoms with Crippen LogP contribution in [-0.2, 0) is 15.0 Å². The molecule has 0 unspecified atom stereocenters. The number of nitrogens with one attached hydrogen (secondary N) is 2. The van der Waals surface area contributed by atoms with Crippen molar-refractivity contribution in [2.45, 2.75) is 33.1 Å². The number of anilines is 2. The van der Waals surface area contributed by atoms with E-state index in [0.29, 0.717) is 23.9 Å². The van der Waals surface area contributed by atoms with Crippen molar-refractivity contribution in [3.05, 3.63) is 36.0 Å². The van der Waals surface area contributed by atoms with E-state index in [1.54, 1.807) is 42.3 Å². The third-order valence-electron chi connectivity index (χ3n) is 4.10. The number of nitrogens with zero attached hydrogens (tertiary/aromatic N) is 2. The minimum Gasteiger partial charge on any atom is -0.497 e. The molecule has 0 saturated carbocycles. The summed E-state index contributed by atoms with van der Waals surface area (Å²) in [6.45, 7) is 8.63. The highest BCUT2D eigenvalue weighted by molar-refractivity contribution is 5.94. The van der Waals surface area contributed by atoms with E-state index in [2.05, 4.69) is 15.8 Å². The van der Waals surface area contributed by atoms with Crippen LogP contribution in [0.2, 0.25) is 0 Å². The quantitative estimate of drug-likeness (QED) is 0.722. The number of carbonyl (C=O) groups excluding carboxylic acids is 2. The van der Waals surface area contributed by atoms with Crippen molar-refractivity contribution in [1.29, 1.82) is 0 Å². The van der Waals surface area contributed by atoms with Crippen molar-refractivity contribution in [2.24, 2.45) is 0 Å². The van der Waals surface area contributed by atoms with Crippen LogP contribution in [0.25, 0.3) is 0 Å².